The largest absolute Gasteiger partial charge is 0.756 e. The van der Waals surface area contributed by atoms with Crippen molar-refractivity contribution in [1.82, 2.24) is 0 Å². The lowest BCUT2D eigenvalue weighted by molar-refractivity contribution is -0.870. The maximum atomic E-state index is 12.9. The van der Waals surface area contributed by atoms with Crippen LogP contribution in [0.15, 0.2) is 48.6 Å². The lowest BCUT2D eigenvalue weighted by atomic mass is 10.0. The molecule has 0 radical (unpaired) electrons. The number of nitrogens with zero attached hydrogens (tertiary/aromatic N) is 1. The van der Waals surface area contributed by atoms with Gasteiger partial charge in [0.05, 0.1) is 27.7 Å². The Kier molecular flexibility index (Phi) is 68.7. The van der Waals surface area contributed by atoms with E-state index in [1.54, 1.807) is 0 Å². The Balaban J connectivity index is 3.92. The van der Waals surface area contributed by atoms with Gasteiger partial charge in [-0.05, 0) is 51.4 Å². The maximum Gasteiger partial charge on any atom is 0.306 e. The molecule has 0 aromatic rings. The summed E-state index contributed by atoms with van der Waals surface area (Å²) in [4.78, 5) is 38.1. The number of quaternary nitrogens is 1. The minimum Gasteiger partial charge on any atom is -0.756 e. The van der Waals surface area contributed by atoms with E-state index in [1.807, 2.05) is 21.1 Å². The van der Waals surface area contributed by atoms with E-state index in [-0.39, 0.29) is 32.0 Å². The summed E-state index contributed by atoms with van der Waals surface area (Å²) >= 11 is 0. The van der Waals surface area contributed by atoms with Crippen molar-refractivity contribution in [3.8, 4) is 0 Å². The highest BCUT2D eigenvalue weighted by atomic mass is 31.2. The van der Waals surface area contributed by atoms with Crippen LogP contribution < -0.4 is 4.89 Å². The molecule has 0 aliphatic rings. The minimum atomic E-state index is -4.64. The van der Waals surface area contributed by atoms with Crippen molar-refractivity contribution in [2.75, 3.05) is 47.5 Å². The average Bonchev–Trinajstić information content (AvgIpc) is 3.60. The highest BCUT2D eigenvalue weighted by Crippen LogP contribution is 2.38. The Hall–Kier alpha value is -2.03. The summed E-state index contributed by atoms with van der Waals surface area (Å²) in [7, 11) is 1.19. The molecule has 0 fully saturated rings. The van der Waals surface area contributed by atoms with E-state index in [0.717, 1.165) is 57.8 Å². The quantitative estimate of drug-likeness (QED) is 0.0195. The number of carbonyl (C=O) groups is 2. The summed E-state index contributed by atoms with van der Waals surface area (Å²) in [5, 5.41) is 0. The first-order valence-corrected chi connectivity index (χ1v) is 40.3. The van der Waals surface area contributed by atoms with Gasteiger partial charge in [0.25, 0.3) is 7.82 Å². The van der Waals surface area contributed by atoms with Crippen LogP contribution in [-0.4, -0.2) is 70.0 Å². The molecule has 2 atom stereocenters. The first kappa shape index (κ1) is 87.0. The Labute approximate surface area is 554 Å². The molecule has 9 nitrogen and oxygen atoms in total. The third-order valence-corrected chi connectivity index (χ3v) is 18.6. The lowest BCUT2D eigenvalue weighted by Gasteiger charge is -2.28. The molecule has 10 heteroatoms. The van der Waals surface area contributed by atoms with Crippen LogP contribution in [0.1, 0.15) is 393 Å². The molecule has 0 N–H and O–H groups in total. The molecule has 524 valence electrons. The Bertz CT molecular complexity index is 1640. The van der Waals surface area contributed by atoms with Gasteiger partial charge >= 0.3 is 11.9 Å². The molecule has 0 saturated carbocycles. The molecule has 0 aromatic heterocycles. The number of allylic oxidation sites excluding steroid dienone is 8. The summed E-state index contributed by atoms with van der Waals surface area (Å²) < 4.78 is 34.4. The van der Waals surface area contributed by atoms with Gasteiger partial charge in [-0.15, -0.1) is 0 Å². The number of phosphoric ester groups is 1. The van der Waals surface area contributed by atoms with Crippen molar-refractivity contribution in [2.24, 2.45) is 0 Å². The zero-order chi connectivity index (χ0) is 64.8. The van der Waals surface area contributed by atoms with Gasteiger partial charge in [0.2, 0.25) is 0 Å². The number of ether oxygens (including phenoxy) is 2. The monoisotopic (exact) mass is 1270 g/mol. The van der Waals surface area contributed by atoms with Crippen LogP contribution in [0.4, 0.5) is 0 Å². The van der Waals surface area contributed by atoms with Crippen molar-refractivity contribution in [3.63, 3.8) is 0 Å². The zero-order valence-electron chi connectivity index (χ0n) is 59.9. The van der Waals surface area contributed by atoms with Crippen molar-refractivity contribution >= 4 is 19.8 Å². The van der Waals surface area contributed by atoms with Crippen LogP contribution in [-0.2, 0) is 32.7 Å². The van der Waals surface area contributed by atoms with Crippen LogP contribution in [0.2, 0.25) is 0 Å². The van der Waals surface area contributed by atoms with E-state index in [0.29, 0.717) is 17.4 Å². The second kappa shape index (κ2) is 70.3. The normalized spacial score (nSPS) is 13.3. The molecule has 0 aliphatic carbocycles. The van der Waals surface area contributed by atoms with Crippen molar-refractivity contribution in [2.45, 2.75) is 399 Å². The molecule has 0 rings (SSSR count). The number of hydrogen-bond donors (Lipinski definition) is 0. The molecule has 0 aromatic carbocycles. The fraction of sp³-hybridized carbons (Fsp3) is 0.873. The molecule has 0 heterocycles. The smallest absolute Gasteiger partial charge is 0.306 e. The van der Waals surface area contributed by atoms with E-state index in [9.17, 15) is 19.0 Å². The van der Waals surface area contributed by atoms with E-state index in [4.69, 9.17) is 18.5 Å². The molecule has 0 spiro atoms. The number of unbranched alkanes of at least 4 members (excludes halogenated alkanes) is 51. The number of carbonyl (C=O) groups excluding carboxylic acids is 2. The highest BCUT2D eigenvalue weighted by molar-refractivity contribution is 7.45. The first-order chi connectivity index (χ1) is 43.5. The van der Waals surface area contributed by atoms with E-state index >= 15 is 0 Å². The molecule has 89 heavy (non-hydrogen) atoms. The fourth-order valence-corrected chi connectivity index (χ4v) is 12.4. The van der Waals surface area contributed by atoms with Gasteiger partial charge in [0.1, 0.15) is 19.8 Å². The van der Waals surface area contributed by atoms with E-state index in [1.165, 1.54) is 302 Å². The highest BCUT2D eigenvalue weighted by Gasteiger charge is 2.22. The number of esters is 2. The van der Waals surface area contributed by atoms with Gasteiger partial charge in [0.15, 0.2) is 6.10 Å². The maximum absolute atomic E-state index is 12.9. The van der Waals surface area contributed by atoms with Crippen LogP contribution >= 0.6 is 7.82 Å². The second-order valence-corrected chi connectivity index (χ2v) is 29.1. The summed E-state index contributed by atoms with van der Waals surface area (Å²) in [6, 6.07) is 0. The number of rotatable bonds is 73. The number of phosphoric acid groups is 1. The van der Waals surface area contributed by atoms with Gasteiger partial charge in [0, 0.05) is 12.8 Å². The number of hydrogen-bond acceptors (Lipinski definition) is 8. The molecular formula is C79H150NO8P. The fourth-order valence-electron chi connectivity index (χ4n) is 11.7. The van der Waals surface area contributed by atoms with Crippen molar-refractivity contribution in [3.05, 3.63) is 48.6 Å². The summed E-state index contributed by atoms with van der Waals surface area (Å²) in [6.45, 7) is 4.21. The Morgan fingerprint density at radius 2 is 0.640 bits per heavy atom. The summed E-state index contributed by atoms with van der Waals surface area (Å²) in [5.74, 6) is -0.810. The SMILES string of the molecule is CC/C=C\C/C=C\C/C=C\C/C=C\CCCCCCCCCCCCCCCCCCCCC(=O)OC(COC(=O)CCCCCCCCCCCCCCCCCCCCCCCCCCCCCCCCCCCC)COP(=O)([O-])OCC[N+](C)(C)C. The third kappa shape index (κ3) is 74.9. The lowest BCUT2D eigenvalue weighted by Crippen LogP contribution is -2.37. The van der Waals surface area contributed by atoms with Crippen molar-refractivity contribution in [1.29, 1.82) is 0 Å². The van der Waals surface area contributed by atoms with Gasteiger partial charge in [-0.1, -0.05) is 377 Å². The third-order valence-electron chi connectivity index (χ3n) is 17.6. The molecule has 0 saturated heterocycles. The minimum absolute atomic E-state index is 0.0282. The molecule has 0 bridgehead atoms. The topological polar surface area (TPSA) is 111 Å². The molecule has 2 unspecified atom stereocenters. The molecule has 0 aliphatic heterocycles. The van der Waals surface area contributed by atoms with Gasteiger partial charge in [-0.2, -0.15) is 0 Å². The van der Waals surface area contributed by atoms with Crippen LogP contribution in [0, 0.1) is 0 Å². The predicted octanol–water partition coefficient (Wildman–Crippen LogP) is 24.9. The predicted molar refractivity (Wildman–Crippen MR) is 384 cm³/mol. The van der Waals surface area contributed by atoms with Gasteiger partial charge < -0.3 is 27.9 Å². The van der Waals surface area contributed by atoms with Crippen molar-refractivity contribution < 1.29 is 42.1 Å². The Morgan fingerprint density at radius 1 is 0.360 bits per heavy atom. The zero-order valence-corrected chi connectivity index (χ0v) is 60.8. The second-order valence-electron chi connectivity index (χ2n) is 27.7. The van der Waals surface area contributed by atoms with Crippen LogP contribution in [0.5, 0.6) is 0 Å². The average molecular weight is 1270 g/mol. The van der Waals surface area contributed by atoms with E-state index in [2.05, 4.69) is 62.5 Å². The Morgan fingerprint density at radius 3 is 0.955 bits per heavy atom. The van der Waals surface area contributed by atoms with Crippen LogP contribution in [0.3, 0.4) is 0 Å². The summed E-state index contributed by atoms with van der Waals surface area (Å²) in [6.07, 6.45) is 92.3. The van der Waals surface area contributed by atoms with E-state index < -0.39 is 26.5 Å². The van der Waals surface area contributed by atoms with Gasteiger partial charge in [-0.3, -0.25) is 14.2 Å². The van der Waals surface area contributed by atoms with Gasteiger partial charge in [-0.25, -0.2) is 0 Å². The molecule has 0 amide bonds. The number of likely N-dealkylation sites (N-methyl/N-ethyl adjacent to an activating group) is 1. The first-order valence-electron chi connectivity index (χ1n) is 38.8. The van der Waals surface area contributed by atoms with Crippen LogP contribution in [0.25, 0.3) is 0 Å². The standard InChI is InChI=1S/C79H150NO8P/c1-6-8-10-12-14-16-18-20-22-24-26-28-30-32-34-36-38-39-40-42-43-45-47-49-51-53-55-57-59-61-63-65-67-69-71-78(81)85-75-77(76-87-89(83,84)86-74-73-80(3,4)5)88-79(82)72-70-68-66-64-62-60-58-56-54-52-50-48-46-44-41-37-35-33-31-29-27-25-23-21-19-17-15-13-11-9-7-2/h9,11,15,17,21,23,27,29,77H,6-8,10,12-14,16,18-20,22,24-26,28,30-76H2,1-5H3/b11-9-,17-15-,23-21-,29-27-. The molecular weight excluding hydrogens is 1120 g/mol. The summed E-state index contributed by atoms with van der Waals surface area (Å²) in [5.41, 5.74) is 0.